The Balaban J connectivity index is 0.884. The Morgan fingerprint density at radius 3 is 1.79 bits per heavy atom. The summed E-state index contributed by atoms with van der Waals surface area (Å²) >= 11 is 6.38. The molecule has 8 rings (SSSR count). The number of carbonyl (C=O) groups is 3. The minimum Gasteiger partial charge on any atom is -0.370 e. The number of hydrogen-bond acceptors (Lipinski definition) is 9. The number of hydrogen-bond donors (Lipinski definition) is 6. The van der Waals surface area contributed by atoms with Crippen LogP contribution in [0.1, 0.15) is 184 Å². The second kappa shape index (κ2) is 30.8. The van der Waals surface area contributed by atoms with E-state index in [1.54, 1.807) is 7.11 Å². The zero-order valence-corrected chi connectivity index (χ0v) is 50.7. The molecule has 5 aromatic rings. The lowest BCUT2D eigenvalue weighted by Gasteiger charge is -2.35. The van der Waals surface area contributed by atoms with Gasteiger partial charge in [-0.15, -0.1) is 0 Å². The molecule has 0 heterocycles. The van der Waals surface area contributed by atoms with E-state index in [0.29, 0.717) is 60.4 Å². The van der Waals surface area contributed by atoms with Crippen molar-refractivity contribution < 1.29 is 28.6 Å². The second-order valence-corrected chi connectivity index (χ2v) is 25.6. The first kappa shape index (κ1) is 63.1. The molecule has 13 heteroatoms. The topological polar surface area (TPSA) is 193 Å². The van der Waals surface area contributed by atoms with E-state index in [9.17, 15) is 14.4 Å². The Kier molecular flexibility index (Phi) is 23.7. The number of ether oxygens (including phenoxy) is 3. The van der Waals surface area contributed by atoms with Gasteiger partial charge in [-0.05, 0) is 165 Å². The Bertz CT molecular complexity index is 2830. The Labute approximate surface area is 494 Å². The van der Waals surface area contributed by atoms with E-state index in [2.05, 4.69) is 95.7 Å². The van der Waals surface area contributed by atoms with Gasteiger partial charge in [0.1, 0.15) is 0 Å². The van der Waals surface area contributed by atoms with Crippen LogP contribution in [0.4, 0.5) is 0 Å². The van der Waals surface area contributed by atoms with E-state index in [1.165, 1.54) is 43.1 Å². The molecule has 9 N–H and O–H groups in total. The predicted molar refractivity (Wildman–Crippen MR) is 333 cm³/mol. The van der Waals surface area contributed by atoms with Crippen LogP contribution in [0.15, 0.2) is 103 Å². The molecule has 12 nitrogen and oxygen atoms in total. The van der Waals surface area contributed by atoms with Crippen LogP contribution in [-0.4, -0.2) is 80.0 Å². The highest BCUT2D eigenvalue weighted by Crippen LogP contribution is 2.43. The van der Waals surface area contributed by atoms with E-state index >= 15 is 0 Å². The van der Waals surface area contributed by atoms with Crippen molar-refractivity contribution >= 4 is 50.9 Å². The van der Waals surface area contributed by atoms with Crippen molar-refractivity contribution in [1.82, 2.24) is 16.0 Å². The molecule has 0 spiro atoms. The summed E-state index contributed by atoms with van der Waals surface area (Å²) in [5, 5.41) is 15.2. The smallest absolute Gasteiger partial charge is 0.251 e. The van der Waals surface area contributed by atoms with E-state index in [0.717, 1.165) is 97.1 Å². The van der Waals surface area contributed by atoms with Gasteiger partial charge in [0.25, 0.3) is 17.7 Å². The van der Waals surface area contributed by atoms with E-state index < -0.39 is 30.4 Å². The van der Waals surface area contributed by atoms with Crippen molar-refractivity contribution in [2.45, 2.75) is 217 Å². The number of amides is 3. The lowest BCUT2D eigenvalue weighted by atomic mass is 9.74. The van der Waals surface area contributed by atoms with Crippen molar-refractivity contribution in [1.29, 1.82) is 0 Å². The molecule has 0 radical (unpaired) electrons. The normalized spacial score (nSPS) is 22.0. The molecule has 3 amide bonds. The summed E-state index contributed by atoms with van der Waals surface area (Å²) in [5.74, 6) is 1.37. The summed E-state index contributed by atoms with van der Waals surface area (Å²) in [5.41, 5.74) is 25.2. The number of nitrogens with one attached hydrogen (secondary N) is 3. The first-order valence-corrected chi connectivity index (χ1v) is 31.6. The largest absolute Gasteiger partial charge is 0.370 e. The molecular formula is C69H97ClN6O6. The van der Waals surface area contributed by atoms with Crippen LogP contribution >= 0.6 is 11.6 Å². The van der Waals surface area contributed by atoms with Gasteiger partial charge in [0, 0.05) is 36.8 Å². The first-order valence-electron chi connectivity index (χ1n) is 31.3. The molecule has 0 saturated heterocycles. The average Bonchev–Trinajstić information content (AvgIpc) is 3.48. The van der Waals surface area contributed by atoms with Gasteiger partial charge in [0.15, 0.2) is 18.3 Å². The molecule has 0 aliphatic heterocycles. The van der Waals surface area contributed by atoms with E-state index in [4.69, 9.17) is 43.0 Å². The Morgan fingerprint density at radius 1 is 0.561 bits per heavy atom. The maximum Gasteiger partial charge on any atom is 0.251 e. The fourth-order valence-electron chi connectivity index (χ4n) is 14.1. The minimum atomic E-state index is -0.820. The molecule has 3 aliphatic rings. The number of rotatable bonds is 27. The molecule has 10 atom stereocenters. The van der Waals surface area contributed by atoms with Crippen LogP contribution in [0, 0.1) is 23.7 Å². The van der Waals surface area contributed by atoms with Crippen molar-refractivity contribution in [3.8, 4) is 0 Å². The molecule has 3 saturated carbocycles. The number of carbonyl (C=O) groups excluding carboxylic acids is 3. The monoisotopic (exact) mass is 1140 g/mol. The fraction of sp³-hybridized carbons (Fsp3) is 0.580. The van der Waals surface area contributed by atoms with Crippen molar-refractivity contribution in [3.63, 3.8) is 0 Å². The summed E-state index contributed by atoms with van der Waals surface area (Å²) in [4.78, 5) is 42.2. The third kappa shape index (κ3) is 17.4. The van der Waals surface area contributed by atoms with Crippen LogP contribution in [0.5, 0.6) is 0 Å². The number of halogens is 1. The quantitative estimate of drug-likeness (QED) is 0.0297. The zero-order chi connectivity index (χ0) is 58.3. The zero-order valence-electron chi connectivity index (χ0n) is 50.0. The van der Waals surface area contributed by atoms with Crippen LogP contribution in [-0.2, 0) is 35.0 Å². The Hall–Kier alpha value is -4.92. The summed E-state index contributed by atoms with van der Waals surface area (Å²) in [7, 11) is 1.60. The number of fused-ring (bicyclic) bond motifs is 2. The van der Waals surface area contributed by atoms with Gasteiger partial charge in [-0.2, -0.15) is 0 Å². The summed E-state index contributed by atoms with van der Waals surface area (Å²) in [6, 6.07) is 33.8. The molecule has 446 valence electrons. The van der Waals surface area contributed by atoms with Gasteiger partial charge in [0.2, 0.25) is 0 Å². The third-order valence-corrected chi connectivity index (χ3v) is 18.7. The van der Waals surface area contributed by atoms with Crippen LogP contribution < -0.4 is 33.2 Å². The molecule has 3 aliphatic carbocycles. The van der Waals surface area contributed by atoms with Gasteiger partial charge in [-0.1, -0.05) is 173 Å². The standard InChI is InChI=1S/C69H97ClN6O6/c1-43(2)81-65(67(77)74-36-35-51-21-12-15-26-59(51)70)61(72)39-47-27-29-48(30-28-47)41-63(54-32-31-50-20-10-11-22-52(50)42-54)76-68(78)64(80-6)60(71)40-49-19-16-23-53(37-49)56-34-33-55(57-24-13-14-25-58(56)57)45(5)75-69(79)66(82-44(3)4)62(73)38-46-17-8-7-9-18-46/h10-15,20-22,24-26,31-34,42-49,53,60-66H,7-9,16-19,23,27-30,35-41,71-73H2,1-6H3,(H,74,77)(H,75,79)(H,76,78)/t45-,47?,48?,49?,53?,60+,61+,62+,63-,64?,65?,66?/m0/s1. The summed E-state index contributed by atoms with van der Waals surface area (Å²) in [6.45, 7) is 10.3. The van der Waals surface area contributed by atoms with Crippen LogP contribution in [0.25, 0.3) is 21.5 Å². The maximum atomic E-state index is 14.6. The molecular weight excluding hydrogens is 1040 g/mol. The lowest BCUT2D eigenvalue weighted by molar-refractivity contribution is -0.138. The fourth-order valence-corrected chi connectivity index (χ4v) is 14.3. The summed E-state index contributed by atoms with van der Waals surface area (Å²) < 4.78 is 18.5. The van der Waals surface area contributed by atoms with Crippen molar-refractivity contribution in [2.24, 2.45) is 40.9 Å². The van der Waals surface area contributed by atoms with Crippen molar-refractivity contribution in [2.75, 3.05) is 13.7 Å². The molecule has 3 fully saturated rings. The third-order valence-electron chi connectivity index (χ3n) is 18.3. The van der Waals surface area contributed by atoms with E-state index in [1.807, 2.05) is 58.0 Å². The maximum absolute atomic E-state index is 14.6. The second-order valence-electron chi connectivity index (χ2n) is 25.2. The highest BCUT2D eigenvalue weighted by atomic mass is 35.5. The molecule has 82 heavy (non-hydrogen) atoms. The number of methoxy groups -OCH3 is 1. The predicted octanol–water partition coefficient (Wildman–Crippen LogP) is 12.8. The van der Waals surface area contributed by atoms with Crippen LogP contribution in [0.3, 0.4) is 0 Å². The molecule has 5 unspecified atom stereocenters. The Morgan fingerprint density at radius 2 is 1.12 bits per heavy atom. The van der Waals surface area contributed by atoms with Crippen molar-refractivity contribution in [3.05, 3.63) is 130 Å². The molecule has 0 aromatic heterocycles. The highest BCUT2D eigenvalue weighted by molar-refractivity contribution is 6.31. The van der Waals surface area contributed by atoms with Gasteiger partial charge >= 0.3 is 0 Å². The van der Waals surface area contributed by atoms with Gasteiger partial charge in [-0.25, -0.2) is 0 Å². The highest BCUT2D eigenvalue weighted by Gasteiger charge is 2.36. The summed E-state index contributed by atoms with van der Waals surface area (Å²) in [6.07, 6.45) is 15.2. The van der Waals surface area contributed by atoms with Crippen LogP contribution in [0.2, 0.25) is 5.02 Å². The SMILES string of the molecule is COC(C(=O)N[C@@H](CC1CCC(C[C@@H](N)C(OC(C)C)C(=O)NCCc2ccccc2Cl)CC1)c1ccc2ccccc2c1)[C@H](N)CC1CCCC(c2ccc([C@H](C)NC(=O)C(OC(C)C)[C@H](N)CC3CCCCC3)c3ccccc23)C1. The van der Waals surface area contributed by atoms with Gasteiger partial charge in [0.05, 0.1) is 24.3 Å². The molecule has 0 bridgehead atoms. The van der Waals surface area contributed by atoms with Gasteiger partial charge < -0.3 is 47.4 Å². The van der Waals surface area contributed by atoms with E-state index in [-0.39, 0.29) is 48.1 Å². The minimum absolute atomic E-state index is 0.125. The van der Waals surface area contributed by atoms with Gasteiger partial charge in [-0.3, -0.25) is 14.4 Å². The lowest BCUT2D eigenvalue weighted by Crippen LogP contribution is -2.50. The molecule has 5 aromatic carbocycles. The number of benzene rings is 5. The average molecular weight is 1140 g/mol. The number of nitrogens with two attached hydrogens (primary N) is 3. The first-order chi connectivity index (χ1) is 39.5.